The molecule has 0 atom stereocenters. The van der Waals surface area contributed by atoms with Crippen LogP contribution >= 0.6 is 0 Å². The smallest absolute Gasteiger partial charge is 0.341 e. The van der Waals surface area contributed by atoms with Crippen LogP contribution in [-0.4, -0.2) is 45.9 Å². The maximum absolute atomic E-state index is 10.5. The number of rotatable bonds is 10. The molecule has 1 aromatic heterocycles. The van der Waals surface area contributed by atoms with E-state index in [0.717, 1.165) is 42.8 Å². The number of carboxylic acids is 1. The first-order valence-electron chi connectivity index (χ1n) is 10.6. The largest absolute Gasteiger partial charge is 0.493 e. The monoisotopic (exact) mass is 438 g/mol. The number of fused-ring (bicyclic) bond motifs is 1. The quantitative estimate of drug-likeness (QED) is 0.366. The third kappa shape index (κ3) is 5.48. The molecule has 3 aromatic rings. The van der Waals surface area contributed by atoms with E-state index in [9.17, 15) is 4.79 Å². The molecular formula is C23H26N4O5. The first kappa shape index (κ1) is 21.5. The van der Waals surface area contributed by atoms with Gasteiger partial charge in [-0.15, -0.1) is 4.80 Å². The number of benzene rings is 2. The SMILES string of the molecule is Nc1ccc(OCCCOc2ccc(OCC(=O)O)cc2)c(-n2nc3c(n2)CCCC3)c1. The van der Waals surface area contributed by atoms with Crippen molar-refractivity contribution in [1.82, 2.24) is 15.0 Å². The third-order valence-electron chi connectivity index (χ3n) is 5.04. The Bertz CT molecular complexity index is 1040. The van der Waals surface area contributed by atoms with Crippen LogP contribution in [0, 0.1) is 0 Å². The van der Waals surface area contributed by atoms with Crippen LogP contribution in [0.1, 0.15) is 30.7 Å². The van der Waals surface area contributed by atoms with Gasteiger partial charge in [0.25, 0.3) is 0 Å². The summed E-state index contributed by atoms with van der Waals surface area (Å²) in [6.07, 6.45) is 4.87. The molecule has 0 amide bonds. The number of aryl methyl sites for hydroxylation is 2. The lowest BCUT2D eigenvalue weighted by molar-refractivity contribution is -0.139. The summed E-state index contributed by atoms with van der Waals surface area (Å²) in [5.74, 6) is 0.809. The predicted molar refractivity (Wildman–Crippen MR) is 118 cm³/mol. The van der Waals surface area contributed by atoms with Gasteiger partial charge in [-0.3, -0.25) is 0 Å². The Hall–Kier alpha value is -3.75. The van der Waals surface area contributed by atoms with E-state index in [2.05, 4.69) is 10.2 Å². The molecule has 9 nitrogen and oxygen atoms in total. The van der Waals surface area contributed by atoms with Gasteiger partial charge in [0.2, 0.25) is 0 Å². The number of hydrogen-bond donors (Lipinski definition) is 2. The van der Waals surface area contributed by atoms with Crippen molar-refractivity contribution in [2.24, 2.45) is 0 Å². The highest BCUT2D eigenvalue weighted by molar-refractivity contribution is 5.68. The molecule has 1 heterocycles. The van der Waals surface area contributed by atoms with Crippen LogP contribution in [0.15, 0.2) is 42.5 Å². The van der Waals surface area contributed by atoms with Crippen molar-refractivity contribution in [3.63, 3.8) is 0 Å². The van der Waals surface area contributed by atoms with Crippen molar-refractivity contribution in [3.8, 4) is 22.9 Å². The van der Waals surface area contributed by atoms with Gasteiger partial charge in [0, 0.05) is 12.1 Å². The first-order chi connectivity index (χ1) is 15.6. The minimum Gasteiger partial charge on any atom is -0.493 e. The van der Waals surface area contributed by atoms with Crippen LogP contribution in [0.5, 0.6) is 17.2 Å². The second-order valence-electron chi connectivity index (χ2n) is 7.52. The molecule has 2 aromatic carbocycles. The molecule has 0 saturated heterocycles. The molecule has 3 N–H and O–H groups in total. The predicted octanol–water partition coefficient (Wildman–Crippen LogP) is 3.04. The molecule has 1 aliphatic carbocycles. The Balaban J connectivity index is 1.29. The molecule has 32 heavy (non-hydrogen) atoms. The highest BCUT2D eigenvalue weighted by atomic mass is 16.5. The minimum absolute atomic E-state index is 0.374. The molecule has 9 heteroatoms. The van der Waals surface area contributed by atoms with Gasteiger partial charge in [0.15, 0.2) is 6.61 Å². The van der Waals surface area contributed by atoms with Crippen molar-refractivity contribution >= 4 is 11.7 Å². The van der Waals surface area contributed by atoms with Gasteiger partial charge in [0.05, 0.1) is 24.6 Å². The van der Waals surface area contributed by atoms with Crippen molar-refractivity contribution in [2.45, 2.75) is 32.1 Å². The van der Waals surface area contributed by atoms with E-state index in [1.165, 1.54) is 0 Å². The minimum atomic E-state index is -1.02. The molecular weight excluding hydrogens is 412 g/mol. The summed E-state index contributed by atoms with van der Waals surface area (Å²) in [4.78, 5) is 12.2. The van der Waals surface area contributed by atoms with Crippen molar-refractivity contribution in [3.05, 3.63) is 53.9 Å². The van der Waals surface area contributed by atoms with E-state index < -0.39 is 5.97 Å². The molecule has 0 spiro atoms. The highest BCUT2D eigenvalue weighted by Crippen LogP contribution is 2.27. The maximum Gasteiger partial charge on any atom is 0.341 e. The van der Waals surface area contributed by atoms with Gasteiger partial charge >= 0.3 is 5.97 Å². The molecule has 0 aliphatic heterocycles. The number of aromatic nitrogens is 3. The van der Waals surface area contributed by atoms with Crippen LogP contribution in [0.25, 0.3) is 5.69 Å². The second kappa shape index (κ2) is 10.0. The van der Waals surface area contributed by atoms with Crippen LogP contribution in [0.4, 0.5) is 5.69 Å². The number of nitrogen functional groups attached to an aromatic ring is 1. The zero-order chi connectivity index (χ0) is 22.3. The highest BCUT2D eigenvalue weighted by Gasteiger charge is 2.18. The Morgan fingerprint density at radius 1 is 0.938 bits per heavy atom. The number of hydrogen-bond acceptors (Lipinski definition) is 7. The van der Waals surface area contributed by atoms with Crippen LogP contribution in [-0.2, 0) is 17.6 Å². The fourth-order valence-corrected chi connectivity index (χ4v) is 3.47. The van der Waals surface area contributed by atoms with Gasteiger partial charge in [0.1, 0.15) is 22.9 Å². The van der Waals surface area contributed by atoms with E-state index >= 15 is 0 Å². The van der Waals surface area contributed by atoms with E-state index in [4.69, 9.17) is 25.1 Å². The summed E-state index contributed by atoms with van der Waals surface area (Å²) < 4.78 is 16.8. The Kier molecular flexibility index (Phi) is 6.74. The van der Waals surface area contributed by atoms with E-state index in [0.29, 0.717) is 42.6 Å². The second-order valence-corrected chi connectivity index (χ2v) is 7.52. The number of carbonyl (C=O) groups is 1. The summed E-state index contributed by atoms with van der Waals surface area (Å²) in [6, 6.07) is 12.3. The maximum atomic E-state index is 10.5. The number of nitrogens with two attached hydrogens (primary N) is 1. The molecule has 1 aliphatic rings. The van der Waals surface area contributed by atoms with Gasteiger partial charge in [-0.2, -0.15) is 10.2 Å². The van der Waals surface area contributed by atoms with Crippen LogP contribution < -0.4 is 19.9 Å². The topological polar surface area (TPSA) is 122 Å². The summed E-state index contributed by atoms with van der Waals surface area (Å²) >= 11 is 0. The lowest BCUT2D eigenvalue weighted by Gasteiger charge is -2.12. The zero-order valence-electron chi connectivity index (χ0n) is 17.7. The molecule has 0 bridgehead atoms. The summed E-state index contributed by atoms with van der Waals surface area (Å²) in [5, 5.41) is 17.9. The van der Waals surface area contributed by atoms with Crippen molar-refractivity contribution in [2.75, 3.05) is 25.6 Å². The van der Waals surface area contributed by atoms with E-state index in [-0.39, 0.29) is 6.61 Å². The Morgan fingerprint density at radius 3 is 2.22 bits per heavy atom. The third-order valence-corrected chi connectivity index (χ3v) is 5.04. The van der Waals surface area contributed by atoms with Gasteiger partial charge < -0.3 is 25.1 Å². The lowest BCUT2D eigenvalue weighted by atomic mass is 10.0. The average Bonchev–Trinajstić information content (AvgIpc) is 3.23. The van der Waals surface area contributed by atoms with Gasteiger partial charge in [-0.25, -0.2) is 4.79 Å². The molecule has 0 fully saturated rings. The standard InChI is InChI=1S/C23H26N4O5/c24-16-6-11-22(21(14-16)27-25-19-4-1-2-5-20(19)26-27)31-13-3-12-30-17-7-9-18(10-8-17)32-15-23(28)29/h6-11,14H,1-5,12-13,15,24H2,(H,28,29). The fourth-order valence-electron chi connectivity index (χ4n) is 3.47. The van der Waals surface area contributed by atoms with Gasteiger partial charge in [-0.1, -0.05) is 0 Å². The lowest BCUT2D eigenvalue weighted by Crippen LogP contribution is -2.09. The Labute approximate surface area is 185 Å². The first-order valence-corrected chi connectivity index (χ1v) is 10.6. The summed E-state index contributed by atoms with van der Waals surface area (Å²) in [6.45, 7) is 0.549. The summed E-state index contributed by atoms with van der Waals surface area (Å²) in [7, 11) is 0. The zero-order valence-corrected chi connectivity index (χ0v) is 17.7. The fraction of sp³-hybridized carbons (Fsp3) is 0.348. The van der Waals surface area contributed by atoms with Crippen molar-refractivity contribution in [1.29, 1.82) is 0 Å². The number of aliphatic carboxylic acids is 1. The van der Waals surface area contributed by atoms with Crippen LogP contribution in [0.2, 0.25) is 0 Å². The number of nitrogens with zero attached hydrogens (tertiary/aromatic N) is 3. The molecule has 0 unspecified atom stereocenters. The van der Waals surface area contributed by atoms with Crippen LogP contribution in [0.3, 0.4) is 0 Å². The number of ether oxygens (including phenoxy) is 3. The normalized spacial score (nSPS) is 12.8. The summed E-state index contributed by atoms with van der Waals surface area (Å²) in [5.41, 5.74) is 9.46. The molecule has 0 radical (unpaired) electrons. The van der Waals surface area contributed by atoms with Gasteiger partial charge in [-0.05, 0) is 68.1 Å². The number of anilines is 1. The Morgan fingerprint density at radius 2 is 1.56 bits per heavy atom. The van der Waals surface area contributed by atoms with Crippen molar-refractivity contribution < 1.29 is 24.1 Å². The molecule has 4 rings (SSSR count). The van der Waals surface area contributed by atoms with E-state index in [1.807, 2.05) is 12.1 Å². The molecule has 0 saturated carbocycles. The number of carboxylic acid groups (broad SMARTS) is 1. The van der Waals surface area contributed by atoms with E-state index in [1.54, 1.807) is 35.1 Å². The average molecular weight is 438 g/mol. The molecule has 168 valence electrons.